The van der Waals surface area contributed by atoms with Crippen LogP contribution >= 0.6 is 0 Å². The topological polar surface area (TPSA) is 40.5 Å². The third-order valence-electron chi connectivity index (χ3n) is 1.50. The van der Waals surface area contributed by atoms with Gasteiger partial charge in [0.1, 0.15) is 0 Å². The van der Waals surface area contributed by atoms with Gasteiger partial charge < -0.3 is 10.2 Å². The van der Waals surface area contributed by atoms with Crippen LogP contribution in [-0.2, 0) is 0 Å². The molecule has 0 saturated carbocycles. The Morgan fingerprint density at radius 2 is 1.67 bits per heavy atom. The van der Waals surface area contributed by atoms with Crippen molar-refractivity contribution in [3.8, 4) is 0 Å². The molecule has 0 bridgehead atoms. The summed E-state index contributed by atoms with van der Waals surface area (Å²) in [5.41, 5.74) is 0. The fourth-order valence-electron chi connectivity index (χ4n) is 0.686. The summed E-state index contributed by atoms with van der Waals surface area (Å²) in [6, 6.07) is 0. The number of hydrogen-bond acceptors (Lipinski definition) is 2. The summed E-state index contributed by atoms with van der Waals surface area (Å²) in [7, 11) is 0. The van der Waals surface area contributed by atoms with Gasteiger partial charge in [-0.05, 0) is 12.3 Å². The van der Waals surface area contributed by atoms with Gasteiger partial charge in [-0.1, -0.05) is 20.8 Å². The van der Waals surface area contributed by atoms with Crippen LogP contribution in [0.1, 0.15) is 27.2 Å². The molecule has 0 heterocycles. The number of aliphatic hydroxyl groups is 2. The van der Waals surface area contributed by atoms with Gasteiger partial charge in [0, 0.05) is 0 Å². The van der Waals surface area contributed by atoms with E-state index in [4.69, 9.17) is 10.2 Å². The van der Waals surface area contributed by atoms with Gasteiger partial charge in [0.15, 0.2) is 0 Å². The summed E-state index contributed by atoms with van der Waals surface area (Å²) >= 11 is 0. The predicted octanol–water partition coefficient (Wildman–Crippen LogP) is 0.774. The van der Waals surface area contributed by atoms with Crippen molar-refractivity contribution in [1.82, 2.24) is 0 Å². The zero-order valence-corrected chi connectivity index (χ0v) is 6.33. The molecule has 0 aliphatic carbocycles. The SMILES string of the molecule is CC[C@@H](O)[C@@H](O)C(C)C. The molecular weight excluding hydrogens is 116 g/mol. The van der Waals surface area contributed by atoms with Gasteiger partial charge in [0.25, 0.3) is 0 Å². The molecule has 9 heavy (non-hydrogen) atoms. The zero-order valence-electron chi connectivity index (χ0n) is 6.33. The number of rotatable bonds is 3. The molecule has 0 amide bonds. The second-order valence-electron chi connectivity index (χ2n) is 2.71. The van der Waals surface area contributed by atoms with Gasteiger partial charge in [0.05, 0.1) is 12.2 Å². The van der Waals surface area contributed by atoms with Gasteiger partial charge in [-0.3, -0.25) is 0 Å². The molecule has 0 aromatic heterocycles. The van der Waals surface area contributed by atoms with Crippen LogP contribution < -0.4 is 0 Å². The monoisotopic (exact) mass is 132 g/mol. The van der Waals surface area contributed by atoms with Crippen molar-refractivity contribution < 1.29 is 10.2 Å². The molecule has 2 atom stereocenters. The van der Waals surface area contributed by atoms with Crippen LogP contribution in [0, 0.1) is 5.92 Å². The summed E-state index contributed by atoms with van der Waals surface area (Å²) < 4.78 is 0. The summed E-state index contributed by atoms with van der Waals surface area (Å²) in [5, 5.41) is 18.2. The minimum atomic E-state index is -0.560. The minimum Gasteiger partial charge on any atom is -0.390 e. The van der Waals surface area contributed by atoms with Crippen LogP contribution in [0.15, 0.2) is 0 Å². The molecule has 56 valence electrons. The van der Waals surface area contributed by atoms with E-state index >= 15 is 0 Å². The molecule has 0 rings (SSSR count). The molecule has 0 saturated heterocycles. The fraction of sp³-hybridized carbons (Fsp3) is 1.00. The van der Waals surface area contributed by atoms with Gasteiger partial charge in [0.2, 0.25) is 0 Å². The number of aliphatic hydroxyl groups excluding tert-OH is 2. The highest BCUT2D eigenvalue weighted by Gasteiger charge is 2.16. The quantitative estimate of drug-likeness (QED) is 0.595. The van der Waals surface area contributed by atoms with E-state index in [0.717, 1.165) is 0 Å². The Morgan fingerprint density at radius 3 is 1.78 bits per heavy atom. The lowest BCUT2D eigenvalue weighted by atomic mass is 10.0. The van der Waals surface area contributed by atoms with Crippen molar-refractivity contribution in [1.29, 1.82) is 0 Å². The molecule has 0 aromatic rings. The maximum atomic E-state index is 9.14. The van der Waals surface area contributed by atoms with Crippen LogP contribution in [0.3, 0.4) is 0 Å². The van der Waals surface area contributed by atoms with Crippen molar-refractivity contribution in [3.05, 3.63) is 0 Å². The maximum Gasteiger partial charge on any atom is 0.0821 e. The van der Waals surface area contributed by atoms with E-state index in [-0.39, 0.29) is 5.92 Å². The zero-order chi connectivity index (χ0) is 7.44. The Hall–Kier alpha value is -0.0800. The Balaban J connectivity index is 3.58. The Morgan fingerprint density at radius 1 is 1.22 bits per heavy atom. The van der Waals surface area contributed by atoms with Crippen LogP contribution in [0.4, 0.5) is 0 Å². The third-order valence-corrected chi connectivity index (χ3v) is 1.50. The van der Waals surface area contributed by atoms with E-state index < -0.39 is 12.2 Å². The van der Waals surface area contributed by atoms with Crippen molar-refractivity contribution in [2.24, 2.45) is 5.92 Å². The first-order valence-corrected chi connectivity index (χ1v) is 3.45. The lowest BCUT2D eigenvalue weighted by Gasteiger charge is -2.18. The van der Waals surface area contributed by atoms with E-state index in [1.807, 2.05) is 20.8 Å². The third kappa shape index (κ3) is 2.82. The smallest absolute Gasteiger partial charge is 0.0821 e. The number of hydrogen-bond donors (Lipinski definition) is 2. The second-order valence-corrected chi connectivity index (χ2v) is 2.71. The Bertz CT molecular complexity index is 71.3. The van der Waals surface area contributed by atoms with Crippen molar-refractivity contribution in [2.75, 3.05) is 0 Å². The molecule has 0 unspecified atom stereocenters. The molecule has 2 N–H and O–H groups in total. The Labute approximate surface area is 56.5 Å². The van der Waals surface area contributed by atoms with E-state index in [1.54, 1.807) is 0 Å². The standard InChI is InChI=1S/C7H16O2/c1-4-6(8)7(9)5(2)3/h5-9H,4H2,1-3H3/t6-,7+/m1/s1. The van der Waals surface area contributed by atoms with Crippen molar-refractivity contribution in [3.63, 3.8) is 0 Å². The highest BCUT2D eigenvalue weighted by molar-refractivity contribution is 4.67. The maximum absolute atomic E-state index is 9.14. The van der Waals surface area contributed by atoms with E-state index in [9.17, 15) is 0 Å². The molecule has 0 aliphatic rings. The van der Waals surface area contributed by atoms with Gasteiger partial charge in [-0.25, -0.2) is 0 Å². The first-order chi connectivity index (χ1) is 4.09. The van der Waals surface area contributed by atoms with E-state index in [0.29, 0.717) is 6.42 Å². The lowest BCUT2D eigenvalue weighted by Crippen LogP contribution is -2.29. The summed E-state index contributed by atoms with van der Waals surface area (Å²) in [5.74, 6) is 0.153. The molecule has 0 fully saturated rings. The highest BCUT2D eigenvalue weighted by Crippen LogP contribution is 2.07. The lowest BCUT2D eigenvalue weighted by molar-refractivity contribution is -0.00946. The summed E-state index contributed by atoms with van der Waals surface area (Å²) in [6.07, 6.45) is -0.487. The summed E-state index contributed by atoms with van der Waals surface area (Å²) in [6.45, 7) is 5.64. The largest absolute Gasteiger partial charge is 0.390 e. The molecular formula is C7H16O2. The van der Waals surface area contributed by atoms with Crippen LogP contribution in [0.2, 0.25) is 0 Å². The van der Waals surface area contributed by atoms with Crippen molar-refractivity contribution >= 4 is 0 Å². The van der Waals surface area contributed by atoms with E-state index in [1.165, 1.54) is 0 Å². The molecule has 2 nitrogen and oxygen atoms in total. The summed E-state index contributed by atoms with van der Waals surface area (Å²) in [4.78, 5) is 0. The molecule has 0 aromatic carbocycles. The van der Waals surface area contributed by atoms with Crippen molar-refractivity contribution in [2.45, 2.75) is 39.4 Å². The normalized spacial score (nSPS) is 18.0. The van der Waals surface area contributed by atoms with Crippen LogP contribution in [0.25, 0.3) is 0 Å². The first kappa shape index (κ1) is 8.92. The van der Waals surface area contributed by atoms with Gasteiger partial charge in [-0.2, -0.15) is 0 Å². The van der Waals surface area contributed by atoms with Gasteiger partial charge in [-0.15, -0.1) is 0 Å². The molecule has 0 aliphatic heterocycles. The Kier molecular flexibility index (Phi) is 3.82. The second kappa shape index (κ2) is 3.85. The highest BCUT2D eigenvalue weighted by atomic mass is 16.3. The molecule has 0 radical (unpaired) electrons. The first-order valence-electron chi connectivity index (χ1n) is 3.45. The van der Waals surface area contributed by atoms with Gasteiger partial charge >= 0.3 is 0 Å². The predicted molar refractivity (Wildman–Crippen MR) is 37.1 cm³/mol. The fourth-order valence-corrected chi connectivity index (χ4v) is 0.686. The molecule has 0 spiro atoms. The van der Waals surface area contributed by atoms with E-state index in [2.05, 4.69) is 0 Å². The van der Waals surface area contributed by atoms with Crippen LogP contribution in [0.5, 0.6) is 0 Å². The van der Waals surface area contributed by atoms with Crippen LogP contribution in [-0.4, -0.2) is 22.4 Å². The average Bonchev–Trinajstić information content (AvgIpc) is 1.84. The molecule has 2 heteroatoms. The average molecular weight is 132 g/mol. The minimum absolute atomic E-state index is 0.153.